The van der Waals surface area contributed by atoms with Crippen molar-refractivity contribution >= 4 is 27.6 Å². The molecule has 0 bridgehead atoms. The second kappa shape index (κ2) is 7.11. The minimum Gasteiger partial charge on any atom is -0.350 e. The molecule has 2 rings (SSSR count). The maximum Gasteiger partial charge on any atom is 0.390 e. The summed E-state index contributed by atoms with van der Waals surface area (Å²) >= 11 is 0.947. The van der Waals surface area contributed by atoms with E-state index in [1.807, 2.05) is 0 Å². The number of aromatic nitrogens is 2. The van der Waals surface area contributed by atoms with E-state index in [0.29, 0.717) is 15.4 Å². The van der Waals surface area contributed by atoms with Crippen LogP contribution in [-0.2, 0) is 19.6 Å². The van der Waals surface area contributed by atoms with E-state index >= 15 is 0 Å². The predicted molar refractivity (Wildman–Crippen MR) is 90.7 cm³/mol. The van der Waals surface area contributed by atoms with Gasteiger partial charge in [0.2, 0.25) is 0 Å². The number of urea groups is 1. The van der Waals surface area contributed by atoms with Gasteiger partial charge in [-0.05, 0) is 19.4 Å². The third-order valence-corrected chi connectivity index (χ3v) is 5.22. The quantitative estimate of drug-likeness (QED) is 0.452. The Morgan fingerprint density at radius 3 is 2.38 bits per heavy atom. The molecule has 0 fully saturated rings. The average Bonchev–Trinajstić information content (AvgIpc) is 2.83. The highest BCUT2D eigenvalue weighted by molar-refractivity contribution is 7.18. The molecule has 4 N–H and O–H groups in total. The number of nitrogens with zero attached hydrogens (tertiary/aromatic N) is 3. The molecule has 8 nitrogen and oxygen atoms in total. The summed E-state index contributed by atoms with van der Waals surface area (Å²) in [6.07, 6.45) is -5.66. The van der Waals surface area contributed by atoms with Gasteiger partial charge in [-0.15, -0.1) is 11.3 Å². The fourth-order valence-electron chi connectivity index (χ4n) is 2.54. The van der Waals surface area contributed by atoms with Crippen LogP contribution in [0.15, 0.2) is 9.59 Å². The van der Waals surface area contributed by atoms with Crippen molar-refractivity contribution in [1.29, 1.82) is 0 Å². The lowest BCUT2D eigenvalue weighted by Gasteiger charge is -2.12. The number of aryl methyl sites for hydroxylation is 2. The van der Waals surface area contributed by atoms with Gasteiger partial charge >= 0.3 is 17.9 Å². The lowest BCUT2D eigenvalue weighted by atomic mass is 10.2. The smallest absolute Gasteiger partial charge is 0.350 e. The Labute approximate surface area is 149 Å². The number of hydrogen-bond donors (Lipinski definition) is 2. The third-order valence-electron chi connectivity index (χ3n) is 3.93. The predicted octanol–water partition coefficient (Wildman–Crippen LogP) is 1.26. The van der Waals surface area contributed by atoms with E-state index < -0.39 is 36.4 Å². The molecule has 0 saturated carbocycles. The van der Waals surface area contributed by atoms with Crippen LogP contribution in [0.4, 0.5) is 18.0 Å². The van der Waals surface area contributed by atoms with Crippen molar-refractivity contribution in [3.8, 4) is 0 Å². The number of carbonyl (C=O) groups excluding carboxylic acids is 1. The monoisotopic (exact) mass is 393 g/mol. The zero-order chi connectivity index (χ0) is 19.8. The third kappa shape index (κ3) is 3.75. The number of fused-ring (bicyclic) bond motifs is 1. The van der Waals surface area contributed by atoms with Crippen molar-refractivity contribution in [3.05, 3.63) is 31.3 Å². The minimum atomic E-state index is -4.45. The van der Waals surface area contributed by atoms with Crippen LogP contribution in [0.1, 0.15) is 23.8 Å². The summed E-state index contributed by atoms with van der Waals surface area (Å²) < 4.78 is 39.7. The van der Waals surface area contributed by atoms with Gasteiger partial charge in [0.1, 0.15) is 4.83 Å². The Morgan fingerprint density at radius 2 is 1.88 bits per heavy atom. The number of carbonyl (C=O) groups is 1. The normalized spacial score (nSPS) is 11.9. The summed E-state index contributed by atoms with van der Waals surface area (Å²) in [5.41, 5.74) is 4.14. The van der Waals surface area contributed by atoms with E-state index in [4.69, 9.17) is 11.6 Å². The molecule has 2 heterocycles. The average molecular weight is 393 g/mol. The van der Waals surface area contributed by atoms with Crippen molar-refractivity contribution < 1.29 is 18.0 Å². The van der Waals surface area contributed by atoms with Crippen LogP contribution in [0.25, 0.3) is 10.2 Å². The Morgan fingerprint density at radius 1 is 1.27 bits per heavy atom. The molecule has 0 aliphatic heterocycles. The summed E-state index contributed by atoms with van der Waals surface area (Å²) in [5, 5.41) is 0.861. The lowest BCUT2D eigenvalue weighted by Crippen LogP contribution is -2.40. The zero-order valence-corrected chi connectivity index (χ0v) is 14.9. The molecule has 0 saturated heterocycles. The first-order chi connectivity index (χ1) is 12.0. The number of thiophene rings is 1. The van der Waals surface area contributed by atoms with Gasteiger partial charge in [-0.3, -0.25) is 18.9 Å². The standard InChI is InChI=1S/C14H18F3N5O3S/c1-3-20-10(23)9-7(2)8(6-22(19)12(18)24)26-11(9)21(13(20)25)5-4-14(15,16)17/h3-6,19H2,1-2H3,(H2,18,24). The van der Waals surface area contributed by atoms with Crippen LogP contribution in [0.2, 0.25) is 0 Å². The highest BCUT2D eigenvalue weighted by Gasteiger charge is 2.28. The molecular formula is C14H18F3N5O3S. The maximum atomic E-state index is 12.6. The highest BCUT2D eigenvalue weighted by atomic mass is 32.1. The van der Waals surface area contributed by atoms with Crippen LogP contribution in [0.5, 0.6) is 0 Å². The van der Waals surface area contributed by atoms with E-state index in [0.717, 1.165) is 20.5 Å². The number of primary amides is 1. The van der Waals surface area contributed by atoms with Gasteiger partial charge in [-0.2, -0.15) is 13.2 Å². The largest absolute Gasteiger partial charge is 0.390 e. The Balaban J connectivity index is 2.71. The van der Waals surface area contributed by atoms with Crippen molar-refractivity contribution in [1.82, 2.24) is 14.1 Å². The minimum absolute atomic E-state index is 0.0224. The highest BCUT2D eigenvalue weighted by Crippen LogP contribution is 2.29. The molecule has 2 aromatic heterocycles. The molecule has 26 heavy (non-hydrogen) atoms. The van der Waals surface area contributed by atoms with Gasteiger partial charge in [0.25, 0.3) is 5.56 Å². The number of alkyl halides is 3. The fraction of sp³-hybridized carbons (Fsp3) is 0.500. The van der Waals surface area contributed by atoms with Gasteiger partial charge in [-0.25, -0.2) is 15.4 Å². The van der Waals surface area contributed by atoms with Crippen LogP contribution < -0.4 is 22.8 Å². The number of hydrazine groups is 1. The van der Waals surface area contributed by atoms with Crippen LogP contribution in [0, 0.1) is 6.92 Å². The number of amides is 2. The van der Waals surface area contributed by atoms with Crippen LogP contribution in [0.3, 0.4) is 0 Å². The molecule has 0 unspecified atom stereocenters. The first-order valence-electron chi connectivity index (χ1n) is 7.62. The topological polar surface area (TPSA) is 116 Å². The summed E-state index contributed by atoms with van der Waals surface area (Å²) in [7, 11) is 0. The van der Waals surface area contributed by atoms with E-state index in [-0.39, 0.29) is 23.3 Å². The van der Waals surface area contributed by atoms with Crippen molar-refractivity contribution in [2.75, 3.05) is 0 Å². The molecule has 0 aliphatic carbocycles. The molecule has 2 amide bonds. The molecule has 144 valence electrons. The van der Waals surface area contributed by atoms with Crippen LogP contribution >= 0.6 is 11.3 Å². The van der Waals surface area contributed by atoms with E-state index in [2.05, 4.69) is 0 Å². The summed E-state index contributed by atoms with van der Waals surface area (Å²) in [4.78, 5) is 36.7. The summed E-state index contributed by atoms with van der Waals surface area (Å²) in [5.74, 6) is 5.48. The molecule has 0 atom stereocenters. The molecule has 0 spiro atoms. The summed E-state index contributed by atoms with van der Waals surface area (Å²) in [6, 6.07) is -0.901. The molecule has 0 aromatic carbocycles. The fourth-order valence-corrected chi connectivity index (χ4v) is 3.85. The number of hydrogen-bond acceptors (Lipinski definition) is 5. The Kier molecular flexibility index (Phi) is 5.47. The van der Waals surface area contributed by atoms with Gasteiger partial charge in [0, 0.05) is 18.0 Å². The number of halogens is 3. The Hall–Kier alpha value is -2.34. The van der Waals surface area contributed by atoms with Crippen molar-refractivity contribution in [2.24, 2.45) is 11.6 Å². The second-order valence-electron chi connectivity index (χ2n) is 5.65. The Bertz CT molecular complexity index is 960. The molecule has 0 radical (unpaired) electrons. The molecule has 12 heteroatoms. The first-order valence-corrected chi connectivity index (χ1v) is 8.43. The van der Waals surface area contributed by atoms with Crippen molar-refractivity contribution in [3.63, 3.8) is 0 Å². The number of nitrogens with two attached hydrogens (primary N) is 2. The second-order valence-corrected chi connectivity index (χ2v) is 6.73. The van der Waals surface area contributed by atoms with E-state index in [1.165, 1.54) is 0 Å². The van der Waals surface area contributed by atoms with Crippen molar-refractivity contribution in [2.45, 2.75) is 46.1 Å². The lowest BCUT2D eigenvalue weighted by molar-refractivity contribution is -0.136. The zero-order valence-electron chi connectivity index (χ0n) is 14.1. The van der Waals surface area contributed by atoms with Gasteiger partial charge in [-0.1, -0.05) is 0 Å². The molecule has 2 aromatic rings. The molecular weight excluding hydrogens is 375 g/mol. The number of rotatable bonds is 5. The van der Waals surface area contributed by atoms with E-state index in [1.54, 1.807) is 13.8 Å². The first kappa shape index (κ1) is 20.0. The summed E-state index contributed by atoms with van der Waals surface area (Å²) in [6.45, 7) is 2.43. The maximum absolute atomic E-state index is 12.6. The SMILES string of the molecule is CCn1c(=O)c2c(C)c(CN(N)C(N)=O)sc2n(CCC(F)(F)F)c1=O. The molecule has 0 aliphatic rings. The van der Waals surface area contributed by atoms with E-state index in [9.17, 15) is 27.6 Å². The van der Waals surface area contributed by atoms with Gasteiger partial charge in [0.05, 0.1) is 18.4 Å². The van der Waals surface area contributed by atoms with Crippen LogP contribution in [-0.4, -0.2) is 26.4 Å². The van der Waals surface area contributed by atoms with Gasteiger partial charge in [0.15, 0.2) is 0 Å². The van der Waals surface area contributed by atoms with Gasteiger partial charge < -0.3 is 5.73 Å².